The van der Waals surface area contributed by atoms with Gasteiger partial charge in [-0.3, -0.25) is 0 Å². The van der Waals surface area contributed by atoms with Crippen molar-refractivity contribution in [1.82, 2.24) is 9.97 Å². The molecule has 0 aromatic carbocycles. The molecule has 0 radical (unpaired) electrons. The maximum atomic E-state index is 4.48. The molecule has 0 bridgehead atoms. The molecule has 0 amide bonds. The highest BCUT2D eigenvalue weighted by molar-refractivity contribution is 7.99. The molecule has 5 heteroatoms. The summed E-state index contributed by atoms with van der Waals surface area (Å²) in [6, 6.07) is 2.02. The van der Waals surface area contributed by atoms with E-state index in [2.05, 4.69) is 36.1 Å². The number of nitrogens with zero attached hydrogens (tertiary/aromatic N) is 2. The summed E-state index contributed by atoms with van der Waals surface area (Å²) in [5, 5.41) is 5.13. The van der Waals surface area contributed by atoms with Crippen molar-refractivity contribution >= 4 is 29.3 Å². The molecule has 0 atom stereocenters. The van der Waals surface area contributed by atoms with Gasteiger partial charge in [-0.15, -0.1) is 11.8 Å². The van der Waals surface area contributed by atoms with Gasteiger partial charge in [-0.1, -0.05) is 25.6 Å². The van der Waals surface area contributed by atoms with Gasteiger partial charge in [0.1, 0.15) is 10.8 Å². The monoisotopic (exact) mass is 257 g/mol. The molecule has 0 aliphatic rings. The van der Waals surface area contributed by atoms with Crippen LogP contribution in [0.3, 0.4) is 0 Å². The van der Waals surface area contributed by atoms with E-state index in [9.17, 15) is 0 Å². The van der Waals surface area contributed by atoms with Gasteiger partial charge in [-0.2, -0.15) is 0 Å². The van der Waals surface area contributed by atoms with Gasteiger partial charge in [0.25, 0.3) is 0 Å². The van der Waals surface area contributed by atoms with Crippen LogP contribution in [0.2, 0.25) is 0 Å². The molecule has 1 aromatic heterocycles. The Morgan fingerprint density at radius 2 is 2.12 bits per heavy atom. The third-order valence-electron chi connectivity index (χ3n) is 1.79. The number of hydrogen-bond acceptors (Lipinski definition) is 5. The molecule has 0 spiro atoms. The summed E-state index contributed by atoms with van der Waals surface area (Å²) in [6.07, 6.45) is 2.00. The van der Waals surface area contributed by atoms with E-state index in [1.807, 2.05) is 12.3 Å². The van der Waals surface area contributed by atoms with Gasteiger partial charge in [-0.05, 0) is 19.1 Å². The first-order chi connectivity index (χ1) is 7.65. The maximum absolute atomic E-state index is 4.48. The van der Waals surface area contributed by atoms with E-state index in [0.717, 1.165) is 28.3 Å². The zero-order valence-corrected chi connectivity index (χ0v) is 11.9. The highest BCUT2D eigenvalue weighted by Crippen LogP contribution is 2.23. The lowest BCUT2D eigenvalue weighted by molar-refractivity contribution is 0.748. The first-order valence-corrected chi connectivity index (χ1v) is 7.66. The average molecular weight is 257 g/mol. The summed E-state index contributed by atoms with van der Waals surface area (Å²) in [7, 11) is 0. The average Bonchev–Trinajstić information content (AvgIpc) is 2.26. The molecule has 16 heavy (non-hydrogen) atoms. The Morgan fingerprint density at radius 1 is 1.38 bits per heavy atom. The SMILES string of the molecule is CCNc1cc(SCC(C)C)nc(SC)n1. The molecule has 0 saturated carbocycles. The van der Waals surface area contributed by atoms with Crippen LogP contribution in [0.15, 0.2) is 16.2 Å². The molecule has 0 aliphatic carbocycles. The zero-order valence-electron chi connectivity index (χ0n) is 10.3. The Labute approximate surface area is 106 Å². The van der Waals surface area contributed by atoms with Gasteiger partial charge < -0.3 is 5.32 Å². The molecule has 0 unspecified atom stereocenters. The lowest BCUT2D eigenvalue weighted by atomic mass is 10.3. The Hall–Kier alpha value is -0.420. The molecule has 0 saturated heterocycles. The highest BCUT2D eigenvalue weighted by atomic mass is 32.2. The number of hydrogen-bond donors (Lipinski definition) is 1. The Morgan fingerprint density at radius 3 is 2.69 bits per heavy atom. The van der Waals surface area contributed by atoms with E-state index in [1.54, 1.807) is 23.5 Å². The molecule has 3 nitrogen and oxygen atoms in total. The number of anilines is 1. The fourth-order valence-corrected chi connectivity index (χ4v) is 2.38. The van der Waals surface area contributed by atoms with Crippen LogP contribution in [0, 0.1) is 5.92 Å². The van der Waals surface area contributed by atoms with Crippen molar-refractivity contribution in [2.45, 2.75) is 31.0 Å². The van der Waals surface area contributed by atoms with Crippen LogP contribution in [-0.2, 0) is 0 Å². The summed E-state index contributed by atoms with van der Waals surface area (Å²) >= 11 is 3.38. The lowest BCUT2D eigenvalue weighted by Crippen LogP contribution is -2.02. The van der Waals surface area contributed by atoms with Gasteiger partial charge in [-0.25, -0.2) is 9.97 Å². The minimum absolute atomic E-state index is 0.681. The minimum atomic E-state index is 0.681. The quantitative estimate of drug-likeness (QED) is 0.480. The first-order valence-electron chi connectivity index (χ1n) is 5.45. The summed E-state index contributed by atoms with van der Waals surface area (Å²) in [4.78, 5) is 8.88. The molecule has 1 rings (SSSR count). The molecule has 90 valence electrons. The predicted molar refractivity (Wildman–Crippen MR) is 73.5 cm³/mol. The van der Waals surface area contributed by atoms with Gasteiger partial charge in [0.2, 0.25) is 0 Å². The van der Waals surface area contributed by atoms with Crippen LogP contribution in [0.25, 0.3) is 0 Å². The van der Waals surface area contributed by atoms with Crippen LogP contribution >= 0.6 is 23.5 Å². The Kier molecular flexibility index (Phi) is 5.98. The van der Waals surface area contributed by atoms with Crippen molar-refractivity contribution in [3.63, 3.8) is 0 Å². The summed E-state index contributed by atoms with van der Waals surface area (Å²) in [5.74, 6) is 2.70. The van der Waals surface area contributed by atoms with Gasteiger partial charge in [0.15, 0.2) is 5.16 Å². The van der Waals surface area contributed by atoms with E-state index in [-0.39, 0.29) is 0 Å². The zero-order chi connectivity index (χ0) is 12.0. The third kappa shape index (κ3) is 4.61. The number of nitrogens with one attached hydrogen (secondary N) is 1. The third-order valence-corrected chi connectivity index (χ3v) is 3.67. The van der Waals surface area contributed by atoms with Crippen molar-refractivity contribution in [1.29, 1.82) is 0 Å². The van der Waals surface area contributed by atoms with Crippen LogP contribution < -0.4 is 5.32 Å². The van der Waals surface area contributed by atoms with Gasteiger partial charge in [0.05, 0.1) is 0 Å². The topological polar surface area (TPSA) is 37.8 Å². The van der Waals surface area contributed by atoms with Crippen LogP contribution in [0.4, 0.5) is 5.82 Å². The molecule has 0 fully saturated rings. The summed E-state index contributed by atoms with van der Waals surface area (Å²) < 4.78 is 0. The van der Waals surface area contributed by atoms with Crippen LogP contribution in [0.5, 0.6) is 0 Å². The number of rotatable bonds is 6. The number of thioether (sulfide) groups is 2. The van der Waals surface area contributed by atoms with Crippen molar-refractivity contribution < 1.29 is 0 Å². The Bertz CT molecular complexity index is 329. The van der Waals surface area contributed by atoms with Crippen molar-refractivity contribution in [2.75, 3.05) is 23.9 Å². The van der Waals surface area contributed by atoms with Crippen LogP contribution in [-0.4, -0.2) is 28.5 Å². The smallest absolute Gasteiger partial charge is 0.190 e. The summed E-state index contributed by atoms with van der Waals surface area (Å²) in [5.41, 5.74) is 0. The molecule has 1 N–H and O–H groups in total. The highest BCUT2D eigenvalue weighted by Gasteiger charge is 2.05. The number of aromatic nitrogens is 2. The second-order valence-corrected chi connectivity index (χ2v) is 5.63. The van der Waals surface area contributed by atoms with E-state index in [1.165, 1.54) is 0 Å². The normalized spacial score (nSPS) is 10.8. The maximum Gasteiger partial charge on any atom is 0.190 e. The van der Waals surface area contributed by atoms with E-state index < -0.39 is 0 Å². The van der Waals surface area contributed by atoms with Crippen molar-refractivity contribution in [3.8, 4) is 0 Å². The van der Waals surface area contributed by atoms with E-state index in [0.29, 0.717) is 5.92 Å². The molecule has 1 heterocycles. The van der Waals surface area contributed by atoms with Crippen molar-refractivity contribution in [2.24, 2.45) is 5.92 Å². The summed E-state index contributed by atoms with van der Waals surface area (Å²) in [6.45, 7) is 7.39. The van der Waals surface area contributed by atoms with E-state index >= 15 is 0 Å². The van der Waals surface area contributed by atoms with E-state index in [4.69, 9.17) is 0 Å². The fraction of sp³-hybridized carbons (Fsp3) is 0.636. The largest absolute Gasteiger partial charge is 0.370 e. The standard InChI is InChI=1S/C11H19N3S2/c1-5-12-9-6-10(16-7-8(2)3)14-11(13-9)15-4/h6,8H,5,7H2,1-4H3,(H,12,13,14). The van der Waals surface area contributed by atoms with Crippen LogP contribution in [0.1, 0.15) is 20.8 Å². The van der Waals surface area contributed by atoms with Gasteiger partial charge in [0, 0.05) is 18.4 Å². The second kappa shape index (κ2) is 7.01. The molecular weight excluding hydrogens is 238 g/mol. The molecular formula is C11H19N3S2. The Balaban J connectivity index is 2.77. The first kappa shape index (κ1) is 13.6. The van der Waals surface area contributed by atoms with Gasteiger partial charge >= 0.3 is 0 Å². The fourth-order valence-electron chi connectivity index (χ4n) is 1.09. The minimum Gasteiger partial charge on any atom is -0.370 e. The molecule has 1 aromatic rings. The lowest BCUT2D eigenvalue weighted by Gasteiger charge is -2.08. The second-order valence-electron chi connectivity index (χ2n) is 3.81. The predicted octanol–water partition coefficient (Wildman–Crippen LogP) is 3.38. The van der Waals surface area contributed by atoms with Crippen molar-refractivity contribution in [3.05, 3.63) is 6.07 Å². The molecule has 0 aliphatic heterocycles.